The Morgan fingerprint density at radius 1 is 1.32 bits per heavy atom. The van der Waals surface area contributed by atoms with Crippen molar-refractivity contribution in [3.63, 3.8) is 0 Å². The standard InChI is InChI=1S/C28H36FN3O4S/c1-6-17(2)11-24(31-22-10-9-19(29)12-26(22)36-27-16-35-15-25(27)33)28-21(18-7-8-18)13-20(14-23(28)30-3)32-37(4,5)34/h9-14,18,25,27,30,33H,4,6-8,15-16H2,1-3,5H3,(H,32,34)/b17-11+,31-24?. The highest BCUT2D eigenvalue weighted by molar-refractivity contribution is 8.00. The minimum Gasteiger partial charge on any atom is -0.483 e. The van der Waals surface area contributed by atoms with Gasteiger partial charge in [0.15, 0.2) is 6.10 Å². The van der Waals surface area contributed by atoms with Crippen LogP contribution in [-0.2, 0) is 14.4 Å². The Bertz CT molecular complexity index is 1320. The van der Waals surface area contributed by atoms with E-state index in [-0.39, 0.29) is 19.0 Å². The lowest BCUT2D eigenvalue weighted by atomic mass is 9.94. The molecule has 1 saturated carbocycles. The van der Waals surface area contributed by atoms with Gasteiger partial charge in [-0.1, -0.05) is 12.5 Å². The van der Waals surface area contributed by atoms with Crippen LogP contribution in [0.2, 0.25) is 0 Å². The maximum Gasteiger partial charge on any atom is 0.150 e. The molecule has 3 unspecified atom stereocenters. The van der Waals surface area contributed by atoms with Gasteiger partial charge in [-0.2, -0.15) is 0 Å². The predicted molar refractivity (Wildman–Crippen MR) is 151 cm³/mol. The number of nitrogens with zero attached hydrogens (tertiary/aromatic N) is 1. The zero-order valence-corrected chi connectivity index (χ0v) is 22.7. The average molecular weight is 530 g/mol. The van der Waals surface area contributed by atoms with Crippen LogP contribution in [0.4, 0.5) is 21.5 Å². The summed E-state index contributed by atoms with van der Waals surface area (Å²) in [6.45, 7) is 4.53. The van der Waals surface area contributed by atoms with Crippen molar-refractivity contribution in [1.82, 2.24) is 0 Å². The van der Waals surface area contributed by atoms with E-state index in [9.17, 15) is 13.7 Å². The molecule has 0 radical (unpaired) electrons. The molecule has 200 valence electrons. The van der Waals surface area contributed by atoms with E-state index in [1.165, 1.54) is 12.1 Å². The first-order valence-corrected chi connectivity index (χ1v) is 14.7. The summed E-state index contributed by atoms with van der Waals surface area (Å²) >= 11 is 0. The van der Waals surface area contributed by atoms with Gasteiger partial charge >= 0.3 is 0 Å². The highest BCUT2D eigenvalue weighted by Crippen LogP contribution is 2.45. The number of nitrogens with one attached hydrogen (secondary N) is 2. The fourth-order valence-corrected chi connectivity index (χ4v) is 4.89. The van der Waals surface area contributed by atoms with Crippen LogP contribution in [0, 0.1) is 5.82 Å². The molecule has 37 heavy (non-hydrogen) atoms. The van der Waals surface area contributed by atoms with Crippen LogP contribution in [0.25, 0.3) is 0 Å². The van der Waals surface area contributed by atoms with Gasteiger partial charge in [0.05, 0.1) is 18.9 Å². The summed E-state index contributed by atoms with van der Waals surface area (Å²) in [7, 11) is -0.615. The monoisotopic (exact) mass is 529 g/mol. The molecule has 1 aliphatic heterocycles. The maximum atomic E-state index is 14.2. The molecule has 1 saturated heterocycles. The van der Waals surface area contributed by atoms with E-state index in [2.05, 4.69) is 22.8 Å². The molecule has 4 rings (SSSR count). The number of aliphatic hydroxyl groups excluding tert-OH is 1. The van der Waals surface area contributed by atoms with Crippen LogP contribution >= 0.6 is 0 Å². The second-order valence-corrected chi connectivity index (χ2v) is 12.0. The Balaban J connectivity index is 1.88. The first-order valence-electron chi connectivity index (χ1n) is 12.5. The Labute approximate surface area is 218 Å². The number of anilines is 2. The maximum absolute atomic E-state index is 14.2. The molecule has 3 N–H and O–H groups in total. The van der Waals surface area contributed by atoms with E-state index >= 15 is 0 Å². The summed E-state index contributed by atoms with van der Waals surface area (Å²) in [5.74, 6) is 3.88. The van der Waals surface area contributed by atoms with Crippen LogP contribution in [0.1, 0.15) is 50.2 Å². The van der Waals surface area contributed by atoms with Gasteiger partial charge in [0.25, 0.3) is 0 Å². The van der Waals surface area contributed by atoms with Crippen molar-refractivity contribution < 1.29 is 23.2 Å². The molecule has 2 aliphatic rings. The topological polar surface area (TPSA) is 92.2 Å². The lowest BCUT2D eigenvalue weighted by Crippen LogP contribution is -2.29. The number of hydrogen-bond acceptors (Lipinski definition) is 6. The van der Waals surface area contributed by atoms with Gasteiger partial charge in [-0.15, -0.1) is 0 Å². The van der Waals surface area contributed by atoms with E-state index in [0.29, 0.717) is 17.3 Å². The summed E-state index contributed by atoms with van der Waals surface area (Å²) < 4.78 is 40.9. The molecule has 1 aliphatic carbocycles. The highest BCUT2D eigenvalue weighted by atomic mass is 32.2. The van der Waals surface area contributed by atoms with Gasteiger partial charge < -0.3 is 24.6 Å². The van der Waals surface area contributed by atoms with E-state index in [4.69, 9.17) is 14.5 Å². The molecule has 3 atom stereocenters. The number of halogens is 1. The molecule has 2 aromatic carbocycles. The second-order valence-electron chi connectivity index (χ2n) is 9.83. The van der Waals surface area contributed by atoms with Crippen LogP contribution in [0.3, 0.4) is 0 Å². The molecule has 0 bridgehead atoms. The summed E-state index contributed by atoms with van der Waals surface area (Å²) in [5, 5.41) is 13.5. The highest BCUT2D eigenvalue weighted by Gasteiger charge is 2.31. The fourth-order valence-electron chi connectivity index (χ4n) is 4.27. The minimum atomic E-state index is -2.46. The molecule has 9 heteroatoms. The van der Waals surface area contributed by atoms with Crippen molar-refractivity contribution in [3.8, 4) is 5.75 Å². The van der Waals surface area contributed by atoms with Crippen molar-refractivity contribution in [2.45, 2.75) is 51.2 Å². The Morgan fingerprint density at radius 3 is 2.68 bits per heavy atom. The van der Waals surface area contributed by atoms with Gasteiger partial charge in [0, 0.05) is 46.0 Å². The van der Waals surface area contributed by atoms with Crippen LogP contribution < -0.4 is 14.8 Å². The lowest BCUT2D eigenvalue weighted by Gasteiger charge is -2.20. The molecule has 2 fully saturated rings. The molecule has 2 aromatic rings. The normalized spacial score (nSPS) is 22.0. The molecular weight excluding hydrogens is 493 g/mol. The van der Waals surface area contributed by atoms with Crippen molar-refractivity contribution >= 4 is 38.4 Å². The van der Waals surface area contributed by atoms with Gasteiger partial charge in [0.1, 0.15) is 23.4 Å². The van der Waals surface area contributed by atoms with Crippen LogP contribution in [-0.4, -0.2) is 59.6 Å². The third-order valence-corrected chi connectivity index (χ3v) is 7.09. The third-order valence-electron chi connectivity index (χ3n) is 6.43. The smallest absolute Gasteiger partial charge is 0.150 e. The second kappa shape index (κ2) is 11.2. The van der Waals surface area contributed by atoms with Crippen LogP contribution in [0.15, 0.2) is 47.0 Å². The molecule has 1 heterocycles. The quantitative estimate of drug-likeness (QED) is 0.297. The molecule has 0 aromatic heterocycles. The third kappa shape index (κ3) is 6.91. The zero-order chi connectivity index (χ0) is 26.7. The summed E-state index contributed by atoms with van der Waals surface area (Å²) in [4.78, 5) is 5.01. The first kappa shape index (κ1) is 27.2. The fraction of sp³-hybridized carbons (Fsp3) is 0.429. The largest absolute Gasteiger partial charge is 0.483 e. The molecule has 0 spiro atoms. The van der Waals surface area contributed by atoms with E-state index in [1.807, 2.05) is 32.2 Å². The minimum absolute atomic E-state index is 0.177. The lowest BCUT2D eigenvalue weighted by molar-refractivity contribution is 0.0735. The Morgan fingerprint density at radius 2 is 2.08 bits per heavy atom. The number of ether oxygens (including phenoxy) is 2. The summed E-state index contributed by atoms with van der Waals surface area (Å²) in [6.07, 6.45) is 5.17. The van der Waals surface area contributed by atoms with Gasteiger partial charge in [0.2, 0.25) is 0 Å². The average Bonchev–Trinajstić information content (AvgIpc) is 3.61. The molecular formula is C28H36FN3O4S. The summed E-state index contributed by atoms with van der Waals surface area (Å²) in [5.41, 5.74) is 5.89. The zero-order valence-electron chi connectivity index (χ0n) is 21.8. The SMILES string of the molecule is C=S(C)(=O)Nc1cc(NC)c(C(/C=C(\C)CC)=Nc2ccc(F)cc2OC2COCC2O)c(C2CC2)c1. The number of aliphatic hydroxyl groups is 1. The van der Waals surface area contributed by atoms with E-state index < -0.39 is 27.7 Å². The number of aliphatic imine (C=N–C) groups is 1. The van der Waals surface area contributed by atoms with Gasteiger partial charge in [-0.05, 0) is 73.9 Å². The molecule has 7 nitrogen and oxygen atoms in total. The van der Waals surface area contributed by atoms with E-state index in [0.717, 1.165) is 47.3 Å². The number of benzene rings is 2. The summed E-state index contributed by atoms with van der Waals surface area (Å²) in [6, 6.07) is 8.16. The first-order chi connectivity index (χ1) is 17.6. The number of hydrogen-bond donors (Lipinski definition) is 3. The van der Waals surface area contributed by atoms with E-state index in [1.54, 1.807) is 12.3 Å². The molecule has 0 amide bonds. The predicted octanol–water partition coefficient (Wildman–Crippen LogP) is 5.03. The Kier molecular flexibility index (Phi) is 8.26. The van der Waals surface area contributed by atoms with Crippen LogP contribution in [0.5, 0.6) is 5.75 Å². The Hall–Kier alpha value is -2.88. The van der Waals surface area contributed by atoms with Crippen molar-refractivity contribution in [2.75, 3.05) is 36.6 Å². The van der Waals surface area contributed by atoms with Crippen molar-refractivity contribution in [3.05, 3.63) is 58.9 Å². The van der Waals surface area contributed by atoms with Crippen molar-refractivity contribution in [2.24, 2.45) is 4.99 Å². The number of rotatable bonds is 10. The number of allylic oxidation sites excluding steroid dienone is 2. The van der Waals surface area contributed by atoms with Gasteiger partial charge in [-0.25, -0.2) is 13.6 Å². The van der Waals surface area contributed by atoms with Gasteiger partial charge in [-0.3, -0.25) is 0 Å². The van der Waals surface area contributed by atoms with Crippen molar-refractivity contribution in [1.29, 1.82) is 0 Å².